The molecule has 2 aliphatic heterocycles. The Bertz CT molecular complexity index is 925. The SMILES string of the molecule is Cc1ccc(C(=O)NCCCN2CC3CN(C(=O)c4c(C)ncnc4C)CC3C2)cc1. The van der Waals surface area contributed by atoms with Crippen LogP contribution >= 0.6 is 0 Å². The van der Waals surface area contributed by atoms with Gasteiger partial charge in [-0.05, 0) is 57.7 Å². The molecule has 4 rings (SSSR count). The number of benzene rings is 1. The van der Waals surface area contributed by atoms with Crippen molar-refractivity contribution >= 4 is 11.8 Å². The number of likely N-dealkylation sites (tertiary alicyclic amines) is 2. The van der Waals surface area contributed by atoms with E-state index < -0.39 is 0 Å². The highest BCUT2D eigenvalue weighted by Crippen LogP contribution is 2.32. The summed E-state index contributed by atoms with van der Waals surface area (Å²) < 4.78 is 0. The zero-order chi connectivity index (χ0) is 22.0. The van der Waals surface area contributed by atoms with Crippen LogP contribution in [-0.4, -0.2) is 70.9 Å². The lowest BCUT2D eigenvalue weighted by Crippen LogP contribution is -2.35. The van der Waals surface area contributed by atoms with Crippen molar-refractivity contribution in [2.75, 3.05) is 39.3 Å². The fourth-order valence-corrected chi connectivity index (χ4v) is 4.81. The molecule has 2 saturated heterocycles. The van der Waals surface area contributed by atoms with Crippen LogP contribution in [0.2, 0.25) is 0 Å². The van der Waals surface area contributed by atoms with E-state index in [-0.39, 0.29) is 11.8 Å². The van der Waals surface area contributed by atoms with Gasteiger partial charge in [-0.2, -0.15) is 0 Å². The zero-order valence-electron chi connectivity index (χ0n) is 18.6. The van der Waals surface area contributed by atoms with Crippen LogP contribution in [0.5, 0.6) is 0 Å². The maximum atomic E-state index is 13.0. The standard InChI is InChI=1S/C24H31N5O2/c1-16-5-7-19(8-6-16)23(30)25-9-4-10-28-11-20-13-29(14-21(20)12-28)24(31)22-17(2)26-15-27-18(22)3/h5-8,15,20-21H,4,9-14H2,1-3H3,(H,25,30). The minimum atomic E-state index is -0.0112. The summed E-state index contributed by atoms with van der Waals surface area (Å²) in [5.74, 6) is 1.10. The molecule has 0 spiro atoms. The molecule has 31 heavy (non-hydrogen) atoms. The van der Waals surface area contributed by atoms with Gasteiger partial charge >= 0.3 is 0 Å². The van der Waals surface area contributed by atoms with Crippen LogP contribution in [0.4, 0.5) is 0 Å². The molecule has 0 saturated carbocycles. The van der Waals surface area contributed by atoms with E-state index in [9.17, 15) is 9.59 Å². The van der Waals surface area contributed by atoms with Crippen molar-refractivity contribution in [1.82, 2.24) is 25.1 Å². The molecule has 164 valence electrons. The Balaban J connectivity index is 1.21. The molecule has 2 aromatic rings. The van der Waals surface area contributed by atoms with E-state index in [0.717, 1.165) is 56.1 Å². The van der Waals surface area contributed by atoms with E-state index >= 15 is 0 Å². The van der Waals surface area contributed by atoms with Crippen molar-refractivity contribution in [1.29, 1.82) is 0 Å². The number of rotatable bonds is 6. The molecule has 2 aliphatic rings. The van der Waals surface area contributed by atoms with Gasteiger partial charge in [0, 0.05) is 38.3 Å². The van der Waals surface area contributed by atoms with Crippen LogP contribution < -0.4 is 5.32 Å². The Morgan fingerprint density at radius 1 is 0.968 bits per heavy atom. The Hall–Kier alpha value is -2.80. The molecule has 0 radical (unpaired) electrons. The van der Waals surface area contributed by atoms with Crippen molar-refractivity contribution in [2.45, 2.75) is 27.2 Å². The molecular weight excluding hydrogens is 390 g/mol. The van der Waals surface area contributed by atoms with E-state index in [2.05, 4.69) is 20.2 Å². The largest absolute Gasteiger partial charge is 0.352 e. The first kappa shape index (κ1) is 21.4. The summed E-state index contributed by atoms with van der Waals surface area (Å²) in [7, 11) is 0. The molecule has 0 aliphatic carbocycles. The fourth-order valence-electron chi connectivity index (χ4n) is 4.81. The van der Waals surface area contributed by atoms with Crippen LogP contribution in [0.1, 0.15) is 44.1 Å². The van der Waals surface area contributed by atoms with Crippen LogP contribution in [0.3, 0.4) is 0 Å². The summed E-state index contributed by atoms with van der Waals surface area (Å²) in [6, 6.07) is 7.65. The minimum absolute atomic E-state index is 0.0112. The monoisotopic (exact) mass is 421 g/mol. The molecule has 1 aromatic carbocycles. The normalized spacial score (nSPS) is 20.7. The number of carbonyl (C=O) groups excluding carboxylic acids is 2. The second kappa shape index (κ2) is 9.14. The number of aryl methyl sites for hydroxylation is 3. The lowest BCUT2D eigenvalue weighted by atomic mass is 10.0. The van der Waals surface area contributed by atoms with Crippen molar-refractivity contribution in [3.8, 4) is 0 Å². The molecule has 3 heterocycles. The highest BCUT2D eigenvalue weighted by atomic mass is 16.2. The number of amides is 2. The predicted molar refractivity (Wildman–Crippen MR) is 119 cm³/mol. The lowest BCUT2D eigenvalue weighted by Gasteiger charge is -2.22. The van der Waals surface area contributed by atoms with Gasteiger partial charge < -0.3 is 15.1 Å². The average Bonchev–Trinajstić information content (AvgIpc) is 3.30. The highest BCUT2D eigenvalue weighted by Gasteiger charge is 2.41. The first-order valence-electron chi connectivity index (χ1n) is 11.1. The summed E-state index contributed by atoms with van der Waals surface area (Å²) in [6.07, 6.45) is 2.45. The molecule has 1 aromatic heterocycles. The maximum absolute atomic E-state index is 13.0. The van der Waals surface area contributed by atoms with Gasteiger partial charge in [0.05, 0.1) is 17.0 Å². The summed E-state index contributed by atoms with van der Waals surface area (Å²) >= 11 is 0. The van der Waals surface area contributed by atoms with Gasteiger partial charge in [0.2, 0.25) is 0 Å². The number of aromatic nitrogens is 2. The third kappa shape index (κ3) is 4.77. The Labute approximate surface area is 183 Å². The summed E-state index contributed by atoms with van der Waals surface area (Å²) in [5, 5.41) is 3.01. The van der Waals surface area contributed by atoms with Crippen LogP contribution in [0, 0.1) is 32.6 Å². The van der Waals surface area contributed by atoms with Gasteiger partial charge in [-0.3, -0.25) is 9.59 Å². The number of hydrogen-bond acceptors (Lipinski definition) is 5. The van der Waals surface area contributed by atoms with Crippen LogP contribution in [0.15, 0.2) is 30.6 Å². The zero-order valence-corrected chi connectivity index (χ0v) is 18.6. The van der Waals surface area contributed by atoms with Crippen molar-refractivity contribution < 1.29 is 9.59 Å². The maximum Gasteiger partial charge on any atom is 0.257 e. The summed E-state index contributed by atoms with van der Waals surface area (Å²) in [4.78, 5) is 38.1. The van der Waals surface area contributed by atoms with Crippen LogP contribution in [0.25, 0.3) is 0 Å². The molecule has 2 unspecified atom stereocenters. The third-order valence-electron chi connectivity index (χ3n) is 6.54. The van der Waals surface area contributed by atoms with Crippen LogP contribution in [-0.2, 0) is 0 Å². The van der Waals surface area contributed by atoms with E-state index in [1.165, 1.54) is 6.33 Å². The van der Waals surface area contributed by atoms with Crippen molar-refractivity contribution in [3.05, 3.63) is 58.7 Å². The lowest BCUT2D eigenvalue weighted by molar-refractivity contribution is 0.0771. The molecule has 1 N–H and O–H groups in total. The second-order valence-electron chi connectivity index (χ2n) is 8.88. The quantitative estimate of drug-likeness (QED) is 0.724. The molecule has 7 nitrogen and oxygen atoms in total. The number of fused-ring (bicyclic) bond motifs is 1. The summed E-state index contributed by atoms with van der Waals surface area (Å²) in [6.45, 7) is 11.1. The van der Waals surface area contributed by atoms with Gasteiger partial charge in [-0.15, -0.1) is 0 Å². The molecule has 2 atom stereocenters. The van der Waals surface area contributed by atoms with Crippen molar-refractivity contribution in [3.63, 3.8) is 0 Å². The van der Waals surface area contributed by atoms with Gasteiger partial charge in [-0.1, -0.05) is 17.7 Å². The molecule has 7 heteroatoms. The van der Waals surface area contributed by atoms with Gasteiger partial charge in [-0.25, -0.2) is 9.97 Å². The number of nitrogens with zero attached hydrogens (tertiary/aromatic N) is 4. The Morgan fingerprint density at radius 2 is 1.58 bits per heavy atom. The Morgan fingerprint density at radius 3 is 2.19 bits per heavy atom. The first-order valence-corrected chi connectivity index (χ1v) is 11.1. The van der Waals surface area contributed by atoms with Crippen molar-refractivity contribution in [2.24, 2.45) is 11.8 Å². The van der Waals surface area contributed by atoms with E-state index in [4.69, 9.17) is 0 Å². The van der Waals surface area contributed by atoms with Gasteiger partial charge in [0.15, 0.2) is 0 Å². The molecule has 0 bridgehead atoms. The average molecular weight is 422 g/mol. The third-order valence-corrected chi connectivity index (χ3v) is 6.54. The van der Waals surface area contributed by atoms with Gasteiger partial charge in [0.1, 0.15) is 6.33 Å². The van der Waals surface area contributed by atoms with E-state index in [0.29, 0.717) is 29.5 Å². The molecule has 2 amide bonds. The molecular formula is C24H31N5O2. The highest BCUT2D eigenvalue weighted by molar-refractivity contribution is 5.96. The number of nitrogens with one attached hydrogen (secondary N) is 1. The smallest absolute Gasteiger partial charge is 0.257 e. The first-order chi connectivity index (χ1) is 14.9. The predicted octanol–water partition coefficient (Wildman–Crippen LogP) is 2.23. The van der Waals surface area contributed by atoms with E-state index in [1.807, 2.05) is 49.9 Å². The topological polar surface area (TPSA) is 78.4 Å². The minimum Gasteiger partial charge on any atom is -0.352 e. The fraction of sp³-hybridized carbons (Fsp3) is 0.500. The summed E-state index contributed by atoms with van der Waals surface area (Å²) in [5.41, 5.74) is 4.02. The second-order valence-corrected chi connectivity index (χ2v) is 8.88. The number of hydrogen-bond donors (Lipinski definition) is 1. The van der Waals surface area contributed by atoms with Gasteiger partial charge in [0.25, 0.3) is 11.8 Å². The molecule has 2 fully saturated rings. The number of carbonyl (C=O) groups is 2. The van der Waals surface area contributed by atoms with E-state index in [1.54, 1.807) is 0 Å². The Kier molecular flexibility index (Phi) is 6.32.